The number of hydrazone groups is 1. The SMILES string of the molecule is O=C(COc1ccccc1Cl)NN=Cc1ccc(OCc2ccccc2)cc1. The average molecular weight is 395 g/mol. The Hall–Kier alpha value is -3.31. The van der Waals surface area contributed by atoms with Gasteiger partial charge >= 0.3 is 0 Å². The van der Waals surface area contributed by atoms with E-state index in [-0.39, 0.29) is 12.5 Å². The normalized spacial score (nSPS) is 10.6. The molecule has 0 aromatic heterocycles. The predicted molar refractivity (Wildman–Crippen MR) is 110 cm³/mol. The van der Waals surface area contributed by atoms with E-state index in [4.69, 9.17) is 21.1 Å². The van der Waals surface area contributed by atoms with Gasteiger partial charge in [0.05, 0.1) is 11.2 Å². The van der Waals surface area contributed by atoms with E-state index in [0.29, 0.717) is 17.4 Å². The first-order valence-corrected chi connectivity index (χ1v) is 9.04. The zero-order valence-corrected chi connectivity index (χ0v) is 15.8. The fourth-order valence-corrected chi connectivity index (χ4v) is 2.50. The van der Waals surface area contributed by atoms with Gasteiger partial charge in [-0.1, -0.05) is 54.1 Å². The molecule has 0 spiro atoms. The number of hydrogen-bond donors (Lipinski definition) is 1. The summed E-state index contributed by atoms with van der Waals surface area (Å²) in [6.07, 6.45) is 1.55. The van der Waals surface area contributed by atoms with Crippen LogP contribution in [0.25, 0.3) is 0 Å². The summed E-state index contributed by atoms with van der Waals surface area (Å²) in [5.74, 6) is 0.839. The Morgan fingerprint density at radius 2 is 1.64 bits per heavy atom. The molecule has 0 aliphatic heterocycles. The number of amides is 1. The lowest BCUT2D eigenvalue weighted by atomic mass is 10.2. The standard InChI is InChI=1S/C22H19ClN2O3/c23-20-8-4-5-9-21(20)28-16-22(26)25-24-14-17-10-12-19(13-11-17)27-15-18-6-2-1-3-7-18/h1-14H,15-16H2,(H,25,26). The molecule has 0 aliphatic carbocycles. The van der Waals surface area contributed by atoms with Gasteiger partial charge in [-0.15, -0.1) is 0 Å². The van der Waals surface area contributed by atoms with E-state index in [2.05, 4.69) is 10.5 Å². The molecule has 28 heavy (non-hydrogen) atoms. The maximum atomic E-state index is 11.8. The van der Waals surface area contributed by atoms with Crippen molar-refractivity contribution >= 4 is 23.7 Å². The molecule has 142 valence electrons. The van der Waals surface area contributed by atoms with Gasteiger partial charge in [0, 0.05) is 0 Å². The number of rotatable bonds is 8. The predicted octanol–water partition coefficient (Wildman–Crippen LogP) is 4.45. The van der Waals surface area contributed by atoms with Gasteiger partial charge in [-0.25, -0.2) is 5.43 Å². The van der Waals surface area contributed by atoms with E-state index in [1.165, 1.54) is 0 Å². The Morgan fingerprint density at radius 3 is 2.39 bits per heavy atom. The number of halogens is 1. The first-order valence-electron chi connectivity index (χ1n) is 8.67. The lowest BCUT2D eigenvalue weighted by Gasteiger charge is -2.07. The van der Waals surface area contributed by atoms with Gasteiger partial charge < -0.3 is 9.47 Å². The molecule has 0 saturated heterocycles. The van der Waals surface area contributed by atoms with Crippen LogP contribution in [-0.2, 0) is 11.4 Å². The van der Waals surface area contributed by atoms with Crippen molar-refractivity contribution in [2.24, 2.45) is 5.10 Å². The van der Waals surface area contributed by atoms with E-state index >= 15 is 0 Å². The summed E-state index contributed by atoms with van der Waals surface area (Å²) in [4.78, 5) is 11.8. The van der Waals surface area contributed by atoms with E-state index in [9.17, 15) is 4.79 Å². The van der Waals surface area contributed by atoms with E-state index < -0.39 is 0 Å². The van der Waals surface area contributed by atoms with Crippen molar-refractivity contribution in [1.82, 2.24) is 5.43 Å². The van der Waals surface area contributed by atoms with Crippen molar-refractivity contribution < 1.29 is 14.3 Å². The quantitative estimate of drug-likeness (QED) is 0.453. The van der Waals surface area contributed by atoms with E-state index in [1.54, 1.807) is 30.5 Å². The van der Waals surface area contributed by atoms with Gasteiger partial charge in [0.15, 0.2) is 6.61 Å². The molecule has 3 aromatic carbocycles. The minimum Gasteiger partial charge on any atom is -0.489 e. The molecule has 0 radical (unpaired) electrons. The summed E-state index contributed by atoms with van der Waals surface area (Å²) in [5, 5.41) is 4.37. The Morgan fingerprint density at radius 1 is 0.929 bits per heavy atom. The largest absolute Gasteiger partial charge is 0.489 e. The molecular formula is C22H19ClN2O3. The number of nitrogens with one attached hydrogen (secondary N) is 1. The lowest BCUT2D eigenvalue weighted by Crippen LogP contribution is -2.24. The van der Waals surface area contributed by atoms with E-state index in [1.807, 2.05) is 54.6 Å². The zero-order valence-electron chi connectivity index (χ0n) is 15.0. The Labute approximate surface area is 168 Å². The fraction of sp³-hybridized carbons (Fsp3) is 0.0909. The highest BCUT2D eigenvalue weighted by molar-refractivity contribution is 6.32. The van der Waals surface area contributed by atoms with Gasteiger partial charge in [-0.05, 0) is 47.5 Å². The minimum absolute atomic E-state index is 0.173. The minimum atomic E-state index is -0.376. The Balaban J connectivity index is 1.42. The van der Waals surface area contributed by atoms with E-state index in [0.717, 1.165) is 16.9 Å². The molecule has 1 N–H and O–H groups in total. The summed E-state index contributed by atoms with van der Waals surface area (Å²) in [6, 6.07) is 24.3. The average Bonchev–Trinajstić information content (AvgIpc) is 2.73. The second kappa shape index (κ2) is 10.1. The number of hydrogen-bond acceptors (Lipinski definition) is 4. The third kappa shape index (κ3) is 6.14. The summed E-state index contributed by atoms with van der Waals surface area (Å²) in [6.45, 7) is 0.336. The number of ether oxygens (including phenoxy) is 2. The van der Waals surface area contributed by atoms with Crippen LogP contribution >= 0.6 is 11.6 Å². The first kappa shape index (κ1) is 19.5. The zero-order chi connectivity index (χ0) is 19.6. The van der Waals surface area contributed by atoms with Crippen LogP contribution in [0.15, 0.2) is 84.0 Å². The summed E-state index contributed by atoms with van der Waals surface area (Å²) < 4.78 is 11.1. The second-order valence-electron chi connectivity index (χ2n) is 5.86. The third-order valence-electron chi connectivity index (χ3n) is 3.73. The summed E-state index contributed by atoms with van der Waals surface area (Å²) >= 11 is 5.97. The van der Waals surface area contributed by atoms with Crippen LogP contribution in [0.5, 0.6) is 11.5 Å². The molecule has 0 fully saturated rings. The van der Waals surface area contributed by atoms with Crippen LogP contribution in [-0.4, -0.2) is 18.7 Å². The second-order valence-corrected chi connectivity index (χ2v) is 6.26. The van der Waals surface area contributed by atoms with Crippen LogP contribution < -0.4 is 14.9 Å². The molecule has 3 rings (SSSR count). The molecule has 0 heterocycles. The lowest BCUT2D eigenvalue weighted by molar-refractivity contribution is -0.123. The topological polar surface area (TPSA) is 59.9 Å². The molecule has 0 bridgehead atoms. The van der Waals surface area contributed by atoms with Crippen molar-refractivity contribution in [1.29, 1.82) is 0 Å². The van der Waals surface area contributed by atoms with Gasteiger partial charge in [0.25, 0.3) is 5.91 Å². The molecule has 0 saturated carbocycles. The van der Waals surface area contributed by atoms with Crippen LogP contribution in [0.1, 0.15) is 11.1 Å². The highest BCUT2D eigenvalue weighted by Crippen LogP contribution is 2.22. The van der Waals surface area contributed by atoms with Gasteiger partial charge in [-0.2, -0.15) is 5.10 Å². The van der Waals surface area contributed by atoms with Crippen molar-refractivity contribution in [3.05, 3.63) is 95.0 Å². The molecular weight excluding hydrogens is 376 g/mol. The smallest absolute Gasteiger partial charge is 0.277 e. The first-order chi connectivity index (χ1) is 13.7. The van der Waals surface area contributed by atoms with Crippen LogP contribution in [0.2, 0.25) is 5.02 Å². The molecule has 0 unspecified atom stereocenters. The van der Waals surface area contributed by atoms with Crippen LogP contribution in [0.4, 0.5) is 0 Å². The van der Waals surface area contributed by atoms with Crippen molar-refractivity contribution in [3.8, 4) is 11.5 Å². The van der Waals surface area contributed by atoms with Gasteiger partial charge in [0.2, 0.25) is 0 Å². The summed E-state index contributed by atoms with van der Waals surface area (Å²) in [5.41, 5.74) is 4.35. The maximum Gasteiger partial charge on any atom is 0.277 e. The number of carbonyl (C=O) groups is 1. The fourth-order valence-electron chi connectivity index (χ4n) is 2.31. The molecule has 5 nitrogen and oxygen atoms in total. The number of carbonyl (C=O) groups excluding carboxylic acids is 1. The molecule has 3 aromatic rings. The van der Waals surface area contributed by atoms with Crippen molar-refractivity contribution in [2.45, 2.75) is 6.61 Å². The number of nitrogens with zero attached hydrogens (tertiary/aromatic N) is 1. The van der Waals surface area contributed by atoms with Gasteiger partial charge in [0.1, 0.15) is 18.1 Å². The van der Waals surface area contributed by atoms with Crippen molar-refractivity contribution in [2.75, 3.05) is 6.61 Å². The third-order valence-corrected chi connectivity index (χ3v) is 4.04. The van der Waals surface area contributed by atoms with Crippen LogP contribution in [0, 0.1) is 0 Å². The highest BCUT2D eigenvalue weighted by Gasteiger charge is 2.04. The summed E-state index contributed by atoms with van der Waals surface area (Å²) in [7, 11) is 0. The molecule has 0 atom stereocenters. The maximum absolute atomic E-state index is 11.8. The molecule has 6 heteroatoms. The number of para-hydroxylation sites is 1. The van der Waals surface area contributed by atoms with Crippen molar-refractivity contribution in [3.63, 3.8) is 0 Å². The molecule has 1 amide bonds. The Kier molecular flexibility index (Phi) is 7.04. The van der Waals surface area contributed by atoms with Crippen LogP contribution in [0.3, 0.4) is 0 Å². The monoisotopic (exact) mass is 394 g/mol. The Bertz CT molecular complexity index is 928. The highest BCUT2D eigenvalue weighted by atomic mass is 35.5. The number of benzene rings is 3. The molecule has 0 aliphatic rings. The van der Waals surface area contributed by atoms with Gasteiger partial charge in [-0.3, -0.25) is 4.79 Å².